The molecule has 3 heteroatoms. The van der Waals surface area contributed by atoms with Crippen molar-refractivity contribution < 1.29 is 15.9 Å². The predicted octanol–water partition coefficient (Wildman–Crippen LogP) is 13.7. The molecular formula is C44H50Cl2Zr. The van der Waals surface area contributed by atoms with Gasteiger partial charge in [-0.05, 0) is 0 Å². The molecule has 0 radical (unpaired) electrons. The quantitative estimate of drug-likeness (QED) is 0.191. The van der Waals surface area contributed by atoms with E-state index >= 15 is 0 Å². The van der Waals surface area contributed by atoms with E-state index in [2.05, 4.69) is 170 Å². The Morgan fingerprint density at radius 2 is 1.04 bits per heavy atom. The summed E-state index contributed by atoms with van der Waals surface area (Å²) < 4.78 is 2.26. The fourth-order valence-corrected chi connectivity index (χ4v) is 26.0. The number of rotatable bonds is 5. The first-order valence-electron chi connectivity index (χ1n) is 17.2. The fraction of sp³-hybridized carbons (Fsp3) is 0.341. The Balaban J connectivity index is 1.50. The third-order valence-corrected chi connectivity index (χ3v) is 30.2. The average molecular weight is 741 g/mol. The van der Waals surface area contributed by atoms with Gasteiger partial charge in [0.05, 0.1) is 0 Å². The summed E-state index contributed by atoms with van der Waals surface area (Å²) in [5.41, 5.74) is 15.6. The molecule has 47 heavy (non-hydrogen) atoms. The molecule has 0 aliphatic heterocycles. The first-order chi connectivity index (χ1) is 21.9. The molecule has 0 aromatic heterocycles. The molecule has 4 aromatic carbocycles. The normalized spacial score (nSPS) is 18.2. The van der Waals surface area contributed by atoms with Crippen molar-refractivity contribution in [1.29, 1.82) is 0 Å². The van der Waals surface area contributed by atoms with E-state index in [-0.39, 0.29) is 18.1 Å². The molecule has 2 atom stereocenters. The first kappa shape index (κ1) is 34.6. The number of fused-ring (bicyclic) bond motifs is 2. The summed E-state index contributed by atoms with van der Waals surface area (Å²) in [4.78, 5) is 0. The summed E-state index contributed by atoms with van der Waals surface area (Å²) in [7, 11) is 16.7. The summed E-state index contributed by atoms with van der Waals surface area (Å²) in [5.74, 6) is 0.312. The van der Waals surface area contributed by atoms with Crippen LogP contribution < -0.4 is 0 Å². The van der Waals surface area contributed by atoms with E-state index in [1.807, 2.05) is 0 Å². The van der Waals surface area contributed by atoms with Gasteiger partial charge in [0.15, 0.2) is 0 Å². The van der Waals surface area contributed by atoms with Gasteiger partial charge in [-0.1, -0.05) is 0 Å². The first-order valence-corrected chi connectivity index (χ1v) is 27.8. The van der Waals surface area contributed by atoms with Crippen molar-refractivity contribution in [3.05, 3.63) is 129 Å². The molecule has 2 aliphatic carbocycles. The maximum absolute atomic E-state index is 8.36. The standard InChI is InChI=1S/C22H25.C20H21.C2H4.2ClH.Zr/c1-15(2)18-13-17-7-6-8-20(21(17)14-18)16-9-11-19(12-10-16)22(3,4)5;1-14-12-16-6-5-7-18(19(16)13-14)15-8-10-17(11-9-15)20(2,3)4;1-2;;;/h6-15H,1-5H3;5-13H,1-4H3;1H,2H3;2*1H;/q;;;;;+2/p-2. The molecule has 2 unspecified atom stereocenters. The van der Waals surface area contributed by atoms with E-state index < -0.39 is 15.9 Å². The fourth-order valence-electron chi connectivity index (χ4n) is 8.13. The monoisotopic (exact) mass is 738 g/mol. The zero-order chi connectivity index (χ0) is 34.1. The molecule has 0 heterocycles. The van der Waals surface area contributed by atoms with Gasteiger partial charge in [-0.3, -0.25) is 0 Å². The van der Waals surface area contributed by atoms with Crippen LogP contribution in [0.1, 0.15) is 110 Å². The Bertz CT molecular complexity index is 1980. The second-order valence-corrected chi connectivity index (χ2v) is 37.8. The van der Waals surface area contributed by atoms with Gasteiger partial charge in [0.2, 0.25) is 0 Å². The SMILES string of the molecule is C[CH]=[Zr]([Cl])([Cl])([CH]1C(C)=Cc2c(-c3ccc(C(C)(C)C)cc3)cccc21)[CH]1C(C(C)C)=Cc2c(-c3ccc(C(C)(C)C)cc3)cccc21. The van der Waals surface area contributed by atoms with Gasteiger partial charge < -0.3 is 0 Å². The second-order valence-electron chi connectivity index (χ2n) is 16.3. The molecule has 2 aliphatic rings. The van der Waals surface area contributed by atoms with E-state index in [4.69, 9.17) is 17.0 Å². The summed E-state index contributed by atoms with van der Waals surface area (Å²) in [6.07, 6.45) is 4.80. The van der Waals surface area contributed by atoms with Crippen molar-refractivity contribution in [2.75, 3.05) is 0 Å². The molecule has 0 bridgehead atoms. The van der Waals surface area contributed by atoms with Gasteiger partial charge in [0.25, 0.3) is 0 Å². The van der Waals surface area contributed by atoms with Gasteiger partial charge in [-0.15, -0.1) is 0 Å². The minimum absolute atomic E-state index is 0.0115. The van der Waals surface area contributed by atoms with Crippen molar-refractivity contribution >= 4 is 32.9 Å². The van der Waals surface area contributed by atoms with Crippen molar-refractivity contribution in [3.8, 4) is 22.3 Å². The second kappa shape index (κ2) is 11.9. The van der Waals surface area contributed by atoms with Crippen LogP contribution in [-0.4, -0.2) is 3.71 Å². The number of benzene rings is 4. The van der Waals surface area contributed by atoms with E-state index in [1.54, 1.807) is 0 Å². The zero-order valence-corrected chi connectivity index (χ0v) is 33.8. The molecule has 6 rings (SSSR count). The summed E-state index contributed by atoms with van der Waals surface area (Å²) in [5, 5.41) is 0. The molecule has 0 saturated carbocycles. The number of hydrogen-bond acceptors (Lipinski definition) is 0. The van der Waals surface area contributed by atoms with E-state index in [9.17, 15) is 0 Å². The Hall–Kier alpha value is -2.31. The van der Waals surface area contributed by atoms with Gasteiger partial charge in [0, 0.05) is 0 Å². The van der Waals surface area contributed by atoms with Crippen molar-refractivity contribution in [2.45, 2.75) is 87.3 Å². The van der Waals surface area contributed by atoms with Crippen LogP contribution >= 0.6 is 17.0 Å². The summed E-state index contributed by atoms with van der Waals surface area (Å²) in [6, 6.07) is 31.7. The van der Waals surface area contributed by atoms with Crippen LogP contribution in [-0.2, 0) is 26.7 Å². The summed E-state index contributed by atoms with van der Waals surface area (Å²) in [6.45, 7) is 22.6. The third kappa shape index (κ3) is 5.88. The van der Waals surface area contributed by atoms with Crippen LogP contribution in [0, 0.1) is 5.92 Å². The van der Waals surface area contributed by atoms with E-state index in [1.165, 1.54) is 66.8 Å². The third-order valence-electron chi connectivity index (χ3n) is 10.8. The molecule has 0 spiro atoms. The van der Waals surface area contributed by atoms with Crippen molar-refractivity contribution in [3.63, 3.8) is 0 Å². The molecule has 0 amide bonds. The van der Waals surface area contributed by atoms with Gasteiger partial charge in [0.1, 0.15) is 0 Å². The Labute approximate surface area is 291 Å². The molecule has 4 aromatic rings. The Morgan fingerprint density at radius 3 is 1.45 bits per heavy atom. The topological polar surface area (TPSA) is 0 Å². The van der Waals surface area contributed by atoms with Crippen LogP contribution in [0.4, 0.5) is 0 Å². The van der Waals surface area contributed by atoms with Crippen molar-refractivity contribution in [1.82, 2.24) is 0 Å². The predicted molar refractivity (Wildman–Crippen MR) is 207 cm³/mol. The van der Waals surface area contributed by atoms with Crippen LogP contribution in [0.25, 0.3) is 34.4 Å². The van der Waals surface area contributed by atoms with E-state index in [0.717, 1.165) is 0 Å². The van der Waals surface area contributed by atoms with Crippen LogP contribution in [0.3, 0.4) is 0 Å². The summed E-state index contributed by atoms with van der Waals surface area (Å²) >= 11 is -4.93. The van der Waals surface area contributed by atoms with Gasteiger partial charge in [-0.25, -0.2) is 0 Å². The maximum atomic E-state index is 8.36. The molecule has 0 N–H and O–H groups in total. The Morgan fingerprint density at radius 1 is 0.617 bits per heavy atom. The van der Waals surface area contributed by atoms with Crippen LogP contribution in [0.15, 0.2) is 96.1 Å². The molecule has 0 fully saturated rings. The Kier molecular flexibility index (Phi) is 8.77. The van der Waals surface area contributed by atoms with Crippen molar-refractivity contribution in [2.24, 2.45) is 5.92 Å². The number of hydrogen-bond donors (Lipinski definition) is 0. The molecule has 244 valence electrons. The zero-order valence-electron chi connectivity index (χ0n) is 29.8. The van der Waals surface area contributed by atoms with Gasteiger partial charge in [-0.2, -0.15) is 0 Å². The van der Waals surface area contributed by atoms with Gasteiger partial charge >= 0.3 is 294 Å². The average Bonchev–Trinajstić information content (AvgIpc) is 3.60. The molecular weight excluding hydrogens is 691 g/mol. The van der Waals surface area contributed by atoms with Crippen LogP contribution in [0.2, 0.25) is 0 Å². The molecule has 0 saturated heterocycles. The minimum atomic E-state index is -4.93. The van der Waals surface area contributed by atoms with Crippen LogP contribution in [0.5, 0.6) is 0 Å². The number of allylic oxidation sites excluding steroid dienone is 2. The number of halogens is 2. The van der Waals surface area contributed by atoms with E-state index in [0.29, 0.717) is 5.92 Å². The molecule has 0 nitrogen and oxygen atoms in total.